The van der Waals surface area contributed by atoms with Crippen LogP contribution in [0.15, 0.2) is 84.0 Å². The molecule has 0 bridgehead atoms. The van der Waals surface area contributed by atoms with Crippen molar-refractivity contribution >= 4 is 21.8 Å². The Kier molecular flexibility index (Phi) is 6.24. The zero-order valence-corrected chi connectivity index (χ0v) is 16.4. The molecule has 5 heteroatoms. The number of aromatic nitrogens is 1. The lowest BCUT2D eigenvalue weighted by Gasteiger charge is -2.23. The van der Waals surface area contributed by atoms with Crippen molar-refractivity contribution in [2.24, 2.45) is 0 Å². The van der Waals surface area contributed by atoms with Gasteiger partial charge in [-0.15, -0.1) is 6.58 Å². The summed E-state index contributed by atoms with van der Waals surface area (Å²) in [5, 5.41) is 0. The Morgan fingerprint density at radius 1 is 1.15 bits per heavy atom. The molecule has 3 aromatic rings. The van der Waals surface area contributed by atoms with Gasteiger partial charge in [0, 0.05) is 29.5 Å². The number of benzene rings is 2. The summed E-state index contributed by atoms with van der Waals surface area (Å²) >= 11 is 3.45. The van der Waals surface area contributed by atoms with Crippen molar-refractivity contribution in [2.45, 2.75) is 13.1 Å². The summed E-state index contributed by atoms with van der Waals surface area (Å²) in [6.07, 6.45) is 3.66. The Morgan fingerprint density at radius 3 is 2.70 bits per heavy atom. The zero-order chi connectivity index (χ0) is 19.2. The van der Waals surface area contributed by atoms with Crippen LogP contribution in [-0.2, 0) is 13.1 Å². The fourth-order valence-electron chi connectivity index (χ4n) is 2.95. The predicted octanol–water partition coefficient (Wildman–Crippen LogP) is 5.27. The highest BCUT2D eigenvalue weighted by atomic mass is 79.9. The van der Waals surface area contributed by atoms with E-state index in [2.05, 4.69) is 22.5 Å². The molecule has 0 fully saturated rings. The number of nitrogens with zero attached hydrogens (tertiary/aromatic N) is 2. The third kappa shape index (κ3) is 4.74. The molecule has 1 aromatic heterocycles. The second kappa shape index (κ2) is 8.82. The van der Waals surface area contributed by atoms with E-state index in [9.17, 15) is 9.18 Å². The molecule has 0 N–H and O–H groups in total. The molecule has 0 aliphatic heterocycles. The van der Waals surface area contributed by atoms with Crippen LogP contribution in [0.1, 0.15) is 21.6 Å². The molecule has 0 aliphatic rings. The molecular formula is C22H20BrFN2O. The van der Waals surface area contributed by atoms with Crippen LogP contribution in [0.4, 0.5) is 4.39 Å². The molecule has 3 rings (SSSR count). The molecule has 0 saturated heterocycles. The molecule has 2 aromatic carbocycles. The fourth-order valence-corrected chi connectivity index (χ4v) is 3.41. The normalized spacial score (nSPS) is 10.6. The van der Waals surface area contributed by atoms with Crippen LogP contribution in [0.3, 0.4) is 0 Å². The van der Waals surface area contributed by atoms with E-state index in [1.807, 2.05) is 47.2 Å². The SMILES string of the molecule is C=CCN(Cc1cccn1Cc1cccc(F)c1)C(=O)c1ccccc1Br. The first kappa shape index (κ1) is 19.1. The van der Waals surface area contributed by atoms with Crippen molar-refractivity contribution in [1.82, 2.24) is 9.47 Å². The highest BCUT2D eigenvalue weighted by Crippen LogP contribution is 2.20. The Bertz CT molecular complexity index is 951. The maximum absolute atomic E-state index is 13.5. The number of rotatable bonds is 7. The van der Waals surface area contributed by atoms with Crippen LogP contribution in [0.5, 0.6) is 0 Å². The lowest BCUT2D eigenvalue weighted by atomic mass is 10.2. The Morgan fingerprint density at radius 2 is 1.96 bits per heavy atom. The summed E-state index contributed by atoms with van der Waals surface area (Å²) in [6, 6.07) is 17.8. The first-order chi connectivity index (χ1) is 13.1. The molecule has 0 atom stereocenters. The van der Waals surface area contributed by atoms with Crippen molar-refractivity contribution in [3.8, 4) is 0 Å². The van der Waals surface area contributed by atoms with Crippen LogP contribution in [0, 0.1) is 5.82 Å². The second-order valence-corrected chi connectivity index (χ2v) is 7.07. The molecule has 3 nitrogen and oxygen atoms in total. The third-order valence-electron chi connectivity index (χ3n) is 4.26. The van der Waals surface area contributed by atoms with E-state index in [0.717, 1.165) is 15.7 Å². The van der Waals surface area contributed by atoms with E-state index in [1.54, 1.807) is 23.1 Å². The van der Waals surface area contributed by atoms with Gasteiger partial charge in [0.15, 0.2) is 0 Å². The average Bonchev–Trinajstić information content (AvgIpc) is 3.08. The Balaban J connectivity index is 1.82. The quantitative estimate of drug-likeness (QED) is 0.472. The maximum Gasteiger partial charge on any atom is 0.255 e. The number of hydrogen-bond acceptors (Lipinski definition) is 1. The minimum absolute atomic E-state index is 0.0686. The number of halogens is 2. The van der Waals surface area contributed by atoms with E-state index in [1.165, 1.54) is 12.1 Å². The van der Waals surface area contributed by atoms with Crippen molar-refractivity contribution in [3.63, 3.8) is 0 Å². The Hall–Kier alpha value is -2.66. The average molecular weight is 427 g/mol. The molecule has 138 valence electrons. The van der Waals surface area contributed by atoms with E-state index in [0.29, 0.717) is 25.2 Å². The van der Waals surface area contributed by atoms with E-state index < -0.39 is 0 Å². The van der Waals surface area contributed by atoms with Crippen LogP contribution < -0.4 is 0 Å². The van der Waals surface area contributed by atoms with Gasteiger partial charge in [-0.1, -0.05) is 30.3 Å². The van der Waals surface area contributed by atoms with Crippen molar-refractivity contribution in [2.75, 3.05) is 6.54 Å². The number of hydrogen-bond donors (Lipinski definition) is 0. The molecule has 27 heavy (non-hydrogen) atoms. The third-order valence-corrected chi connectivity index (χ3v) is 4.95. The fraction of sp³-hybridized carbons (Fsp3) is 0.136. The summed E-state index contributed by atoms with van der Waals surface area (Å²) in [4.78, 5) is 14.7. The smallest absolute Gasteiger partial charge is 0.255 e. The topological polar surface area (TPSA) is 25.2 Å². The van der Waals surface area contributed by atoms with E-state index >= 15 is 0 Å². The zero-order valence-electron chi connectivity index (χ0n) is 14.8. The van der Waals surface area contributed by atoms with Gasteiger partial charge in [-0.2, -0.15) is 0 Å². The van der Waals surface area contributed by atoms with Crippen LogP contribution >= 0.6 is 15.9 Å². The van der Waals surface area contributed by atoms with Gasteiger partial charge in [0.1, 0.15) is 5.82 Å². The van der Waals surface area contributed by atoms with Gasteiger partial charge >= 0.3 is 0 Å². The summed E-state index contributed by atoms with van der Waals surface area (Å²) in [5.41, 5.74) is 2.46. The first-order valence-electron chi connectivity index (χ1n) is 8.61. The predicted molar refractivity (Wildman–Crippen MR) is 109 cm³/mol. The lowest BCUT2D eigenvalue weighted by molar-refractivity contribution is 0.0758. The van der Waals surface area contributed by atoms with Gasteiger partial charge < -0.3 is 9.47 Å². The van der Waals surface area contributed by atoms with Gasteiger partial charge in [-0.3, -0.25) is 4.79 Å². The van der Waals surface area contributed by atoms with Crippen molar-refractivity contribution < 1.29 is 9.18 Å². The number of amides is 1. The summed E-state index contributed by atoms with van der Waals surface area (Å²) in [6.45, 7) is 5.20. The monoisotopic (exact) mass is 426 g/mol. The number of carbonyl (C=O) groups is 1. The van der Waals surface area contributed by atoms with Crippen molar-refractivity contribution in [3.05, 3.63) is 107 Å². The standard InChI is InChI=1S/C22H20BrFN2O/c1-2-12-26(22(27)20-10-3-4-11-21(20)23)16-19-9-6-13-25(19)15-17-7-5-8-18(24)14-17/h2-11,13-14H,1,12,15-16H2. The van der Waals surface area contributed by atoms with Crippen LogP contribution in [0.25, 0.3) is 0 Å². The largest absolute Gasteiger partial charge is 0.345 e. The highest BCUT2D eigenvalue weighted by Gasteiger charge is 2.18. The molecule has 1 heterocycles. The minimum Gasteiger partial charge on any atom is -0.345 e. The minimum atomic E-state index is -0.251. The first-order valence-corrected chi connectivity index (χ1v) is 9.41. The van der Waals surface area contributed by atoms with Crippen LogP contribution in [-0.4, -0.2) is 21.9 Å². The molecule has 0 saturated carbocycles. The molecule has 1 amide bonds. The second-order valence-electron chi connectivity index (χ2n) is 6.21. The maximum atomic E-state index is 13.5. The van der Waals surface area contributed by atoms with E-state index in [4.69, 9.17) is 0 Å². The molecule has 0 aliphatic carbocycles. The highest BCUT2D eigenvalue weighted by molar-refractivity contribution is 9.10. The molecule has 0 unspecified atom stereocenters. The molecular weight excluding hydrogens is 407 g/mol. The van der Waals surface area contributed by atoms with Gasteiger partial charge in [-0.05, 0) is 57.9 Å². The van der Waals surface area contributed by atoms with Gasteiger partial charge in [0.05, 0.1) is 12.1 Å². The summed E-state index contributed by atoms with van der Waals surface area (Å²) < 4.78 is 16.2. The molecule has 0 radical (unpaired) electrons. The van der Waals surface area contributed by atoms with E-state index in [-0.39, 0.29) is 11.7 Å². The van der Waals surface area contributed by atoms with Gasteiger partial charge in [0.2, 0.25) is 0 Å². The summed E-state index contributed by atoms with van der Waals surface area (Å²) in [5.74, 6) is -0.320. The Labute approximate surface area is 166 Å². The van der Waals surface area contributed by atoms with Gasteiger partial charge in [-0.25, -0.2) is 4.39 Å². The van der Waals surface area contributed by atoms with Crippen LogP contribution in [0.2, 0.25) is 0 Å². The summed E-state index contributed by atoms with van der Waals surface area (Å²) in [7, 11) is 0. The van der Waals surface area contributed by atoms with Gasteiger partial charge in [0.25, 0.3) is 5.91 Å². The lowest BCUT2D eigenvalue weighted by Crippen LogP contribution is -2.31. The number of carbonyl (C=O) groups excluding carboxylic acids is 1. The van der Waals surface area contributed by atoms with Crippen molar-refractivity contribution in [1.29, 1.82) is 0 Å². The molecule has 0 spiro atoms.